The molecule has 1 aliphatic carbocycles. The summed E-state index contributed by atoms with van der Waals surface area (Å²) in [7, 11) is 0. The Morgan fingerprint density at radius 2 is 1.73 bits per heavy atom. The van der Waals surface area contributed by atoms with E-state index < -0.39 is 0 Å². The third-order valence-corrected chi connectivity index (χ3v) is 3.73. The topological polar surface area (TPSA) is 15.7 Å². The van der Waals surface area contributed by atoms with Crippen molar-refractivity contribution in [2.75, 3.05) is 45.9 Å². The largest absolute Gasteiger partial charge is 0.377 e. The van der Waals surface area contributed by atoms with Crippen LogP contribution in [0, 0.1) is 0 Å². The quantitative estimate of drug-likeness (QED) is 0.681. The molecule has 0 unspecified atom stereocenters. The molecule has 0 amide bonds. The molecule has 0 aromatic rings. The van der Waals surface area contributed by atoms with Gasteiger partial charge in [-0.15, -0.1) is 0 Å². The van der Waals surface area contributed by atoms with Crippen LogP contribution in [0.5, 0.6) is 0 Å². The summed E-state index contributed by atoms with van der Waals surface area (Å²) in [5.74, 6) is 0. The van der Waals surface area contributed by atoms with Crippen molar-refractivity contribution >= 4 is 0 Å². The molecule has 1 aliphatic heterocycles. The first-order valence-electron chi connectivity index (χ1n) is 6.45. The van der Waals surface area contributed by atoms with Crippen LogP contribution in [0.1, 0.15) is 26.2 Å². The highest BCUT2D eigenvalue weighted by molar-refractivity contribution is 4.72. The van der Waals surface area contributed by atoms with Gasteiger partial charge in [-0.05, 0) is 25.8 Å². The first kappa shape index (κ1) is 11.4. The Labute approximate surface area is 93.4 Å². The summed E-state index contributed by atoms with van der Waals surface area (Å²) in [6.07, 6.45) is 4.56. The zero-order valence-electron chi connectivity index (χ0n) is 9.95. The SMILES string of the molecule is CCN1CCN(CCOC2CCC2)CC1. The van der Waals surface area contributed by atoms with Gasteiger partial charge in [0.15, 0.2) is 0 Å². The molecule has 0 N–H and O–H groups in total. The lowest BCUT2D eigenvalue weighted by Gasteiger charge is -2.34. The average Bonchev–Trinajstić information content (AvgIpc) is 2.23. The summed E-state index contributed by atoms with van der Waals surface area (Å²) >= 11 is 0. The third kappa shape index (κ3) is 3.44. The maximum atomic E-state index is 5.78. The van der Waals surface area contributed by atoms with Crippen LogP contribution in [-0.4, -0.2) is 61.8 Å². The lowest BCUT2D eigenvalue weighted by molar-refractivity contribution is -0.0119. The highest BCUT2D eigenvalue weighted by atomic mass is 16.5. The molecule has 3 nitrogen and oxygen atoms in total. The molecule has 0 atom stereocenters. The lowest BCUT2D eigenvalue weighted by Crippen LogP contribution is -2.47. The van der Waals surface area contributed by atoms with E-state index in [1.807, 2.05) is 0 Å². The molecule has 0 radical (unpaired) electrons. The molecule has 1 saturated heterocycles. The number of hydrogen-bond acceptors (Lipinski definition) is 3. The van der Waals surface area contributed by atoms with E-state index in [1.54, 1.807) is 0 Å². The van der Waals surface area contributed by atoms with Gasteiger partial charge in [0.1, 0.15) is 0 Å². The van der Waals surface area contributed by atoms with Crippen molar-refractivity contribution in [1.29, 1.82) is 0 Å². The van der Waals surface area contributed by atoms with Gasteiger partial charge < -0.3 is 9.64 Å². The highest BCUT2D eigenvalue weighted by Gasteiger charge is 2.19. The molecule has 2 aliphatic rings. The standard InChI is InChI=1S/C12H24N2O/c1-2-13-6-8-14(9-7-13)10-11-15-12-4-3-5-12/h12H,2-11H2,1H3. The van der Waals surface area contributed by atoms with Crippen LogP contribution in [0.2, 0.25) is 0 Å². The molecule has 0 bridgehead atoms. The fraction of sp³-hybridized carbons (Fsp3) is 1.00. The van der Waals surface area contributed by atoms with E-state index in [1.165, 1.54) is 52.0 Å². The molecule has 0 aromatic carbocycles. The molecule has 1 heterocycles. The Morgan fingerprint density at radius 3 is 2.27 bits per heavy atom. The van der Waals surface area contributed by atoms with E-state index >= 15 is 0 Å². The molecule has 88 valence electrons. The Bertz CT molecular complexity index is 174. The minimum atomic E-state index is 0.599. The molecule has 1 saturated carbocycles. The Balaban J connectivity index is 1.52. The Hall–Kier alpha value is -0.120. The summed E-state index contributed by atoms with van der Waals surface area (Å²) in [5, 5.41) is 0. The Morgan fingerprint density at radius 1 is 1.07 bits per heavy atom. The maximum absolute atomic E-state index is 5.78. The second-order valence-corrected chi connectivity index (χ2v) is 4.70. The van der Waals surface area contributed by atoms with Crippen LogP contribution in [0.15, 0.2) is 0 Å². The van der Waals surface area contributed by atoms with Gasteiger partial charge in [0.05, 0.1) is 12.7 Å². The number of hydrogen-bond donors (Lipinski definition) is 0. The normalized spacial score (nSPS) is 25.4. The number of piperazine rings is 1. The van der Waals surface area contributed by atoms with Crippen LogP contribution in [-0.2, 0) is 4.74 Å². The molecular weight excluding hydrogens is 188 g/mol. The first-order valence-corrected chi connectivity index (χ1v) is 6.45. The summed E-state index contributed by atoms with van der Waals surface area (Å²) in [6.45, 7) is 10.4. The van der Waals surface area contributed by atoms with Gasteiger partial charge in [-0.3, -0.25) is 4.90 Å². The van der Waals surface area contributed by atoms with Crippen LogP contribution < -0.4 is 0 Å². The first-order chi connectivity index (χ1) is 7.38. The van der Waals surface area contributed by atoms with Crippen LogP contribution in [0.25, 0.3) is 0 Å². The van der Waals surface area contributed by atoms with Gasteiger partial charge in [0.25, 0.3) is 0 Å². The molecular formula is C12H24N2O. The molecule has 2 rings (SSSR count). The highest BCUT2D eigenvalue weighted by Crippen LogP contribution is 2.21. The zero-order chi connectivity index (χ0) is 10.5. The van der Waals surface area contributed by atoms with Gasteiger partial charge in [-0.25, -0.2) is 0 Å². The van der Waals surface area contributed by atoms with Crippen LogP contribution in [0.3, 0.4) is 0 Å². The number of ether oxygens (including phenoxy) is 1. The fourth-order valence-corrected chi connectivity index (χ4v) is 2.22. The smallest absolute Gasteiger partial charge is 0.0597 e. The summed E-state index contributed by atoms with van der Waals surface area (Å²) in [5.41, 5.74) is 0. The number of nitrogens with zero attached hydrogens (tertiary/aromatic N) is 2. The van der Waals surface area contributed by atoms with Crippen molar-refractivity contribution in [3.63, 3.8) is 0 Å². The predicted molar refractivity (Wildman–Crippen MR) is 62.1 cm³/mol. The van der Waals surface area contributed by atoms with Gasteiger partial charge in [-0.1, -0.05) is 6.92 Å². The maximum Gasteiger partial charge on any atom is 0.0597 e. The van der Waals surface area contributed by atoms with Crippen molar-refractivity contribution in [2.45, 2.75) is 32.3 Å². The van der Waals surface area contributed by atoms with Crippen molar-refractivity contribution in [2.24, 2.45) is 0 Å². The van der Waals surface area contributed by atoms with Gasteiger partial charge in [0, 0.05) is 32.7 Å². The van der Waals surface area contributed by atoms with E-state index in [0.29, 0.717) is 6.10 Å². The summed E-state index contributed by atoms with van der Waals surface area (Å²) < 4.78 is 5.78. The number of rotatable bonds is 5. The minimum absolute atomic E-state index is 0.599. The van der Waals surface area contributed by atoms with E-state index in [2.05, 4.69) is 16.7 Å². The summed E-state index contributed by atoms with van der Waals surface area (Å²) in [4.78, 5) is 5.05. The third-order valence-electron chi connectivity index (χ3n) is 3.73. The zero-order valence-corrected chi connectivity index (χ0v) is 9.95. The van der Waals surface area contributed by atoms with Crippen molar-refractivity contribution in [3.05, 3.63) is 0 Å². The van der Waals surface area contributed by atoms with Gasteiger partial charge in [-0.2, -0.15) is 0 Å². The van der Waals surface area contributed by atoms with E-state index in [-0.39, 0.29) is 0 Å². The van der Waals surface area contributed by atoms with E-state index in [4.69, 9.17) is 4.74 Å². The average molecular weight is 212 g/mol. The van der Waals surface area contributed by atoms with Crippen molar-refractivity contribution in [3.8, 4) is 0 Å². The monoisotopic (exact) mass is 212 g/mol. The number of likely N-dealkylation sites (N-methyl/N-ethyl adjacent to an activating group) is 1. The van der Waals surface area contributed by atoms with Crippen LogP contribution in [0.4, 0.5) is 0 Å². The second-order valence-electron chi connectivity index (χ2n) is 4.70. The lowest BCUT2D eigenvalue weighted by atomic mass is 9.96. The molecule has 15 heavy (non-hydrogen) atoms. The van der Waals surface area contributed by atoms with Crippen molar-refractivity contribution in [1.82, 2.24) is 9.80 Å². The minimum Gasteiger partial charge on any atom is -0.377 e. The summed E-state index contributed by atoms with van der Waals surface area (Å²) in [6, 6.07) is 0. The fourth-order valence-electron chi connectivity index (χ4n) is 2.22. The van der Waals surface area contributed by atoms with Gasteiger partial charge in [0.2, 0.25) is 0 Å². The Kier molecular flexibility index (Phi) is 4.42. The van der Waals surface area contributed by atoms with Crippen molar-refractivity contribution < 1.29 is 4.74 Å². The van der Waals surface area contributed by atoms with E-state index in [0.717, 1.165) is 13.2 Å². The molecule has 3 heteroatoms. The second kappa shape index (κ2) is 5.83. The molecule has 0 aromatic heterocycles. The molecule has 2 fully saturated rings. The van der Waals surface area contributed by atoms with E-state index in [9.17, 15) is 0 Å². The van der Waals surface area contributed by atoms with Crippen LogP contribution >= 0.6 is 0 Å². The molecule has 0 spiro atoms. The predicted octanol–water partition coefficient (Wildman–Crippen LogP) is 1.19. The van der Waals surface area contributed by atoms with Gasteiger partial charge >= 0.3 is 0 Å².